The number of likely N-dealkylation sites (N-methyl/N-ethyl adjacent to an activating group) is 1. The average molecular weight is 233 g/mol. The number of para-hydroxylation sites is 1. The van der Waals surface area contributed by atoms with Gasteiger partial charge in [-0.05, 0) is 37.6 Å². The van der Waals surface area contributed by atoms with Gasteiger partial charge in [0.1, 0.15) is 0 Å². The SMILES string of the molecule is CN(CCN1CCCC1)c1ccccc1CN. The molecule has 1 saturated heterocycles. The second-order valence-electron chi connectivity index (χ2n) is 4.80. The Labute approximate surface area is 104 Å². The minimum absolute atomic E-state index is 0.615. The van der Waals surface area contributed by atoms with Crippen LogP contribution in [0.1, 0.15) is 18.4 Å². The highest BCUT2D eigenvalue weighted by Crippen LogP contribution is 2.18. The zero-order chi connectivity index (χ0) is 12.1. The summed E-state index contributed by atoms with van der Waals surface area (Å²) >= 11 is 0. The van der Waals surface area contributed by atoms with Crippen molar-refractivity contribution in [2.24, 2.45) is 5.73 Å². The largest absolute Gasteiger partial charge is 0.373 e. The predicted octanol–water partition coefficient (Wildman–Crippen LogP) is 1.68. The van der Waals surface area contributed by atoms with Crippen LogP contribution in [0.15, 0.2) is 24.3 Å². The van der Waals surface area contributed by atoms with Crippen molar-refractivity contribution in [2.45, 2.75) is 19.4 Å². The van der Waals surface area contributed by atoms with E-state index in [-0.39, 0.29) is 0 Å². The van der Waals surface area contributed by atoms with Crippen LogP contribution in [0.3, 0.4) is 0 Å². The zero-order valence-electron chi connectivity index (χ0n) is 10.7. The lowest BCUT2D eigenvalue weighted by Crippen LogP contribution is -2.31. The summed E-state index contributed by atoms with van der Waals surface area (Å²) in [5.41, 5.74) is 8.27. The van der Waals surface area contributed by atoms with Crippen molar-refractivity contribution in [1.29, 1.82) is 0 Å². The quantitative estimate of drug-likeness (QED) is 0.840. The number of hydrogen-bond acceptors (Lipinski definition) is 3. The molecule has 1 aromatic carbocycles. The van der Waals surface area contributed by atoms with E-state index in [9.17, 15) is 0 Å². The Hall–Kier alpha value is -1.06. The van der Waals surface area contributed by atoms with Gasteiger partial charge in [-0.15, -0.1) is 0 Å². The third-order valence-corrected chi connectivity index (χ3v) is 3.57. The Morgan fingerprint density at radius 2 is 1.94 bits per heavy atom. The highest BCUT2D eigenvalue weighted by Gasteiger charge is 2.12. The van der Waals surface area contributed by atoms with Crippen LogP contribution >= 0.6 is 0 Å². The van der Waals surface area contributed by atoms with E-state index >= 15 is 0 Å². The third-order valence-electron chi connectivity index (χ3n) is 3.57. The first-order valence-corrected chi connectivity index (χ1v) is 6.52. The summed E-state index contributed by atoms with van der Waals surface area (Å²) in [6.45, 7) is 5.40. The molecule has 0 aromatic heterocycles. The van der Waals surface area contributed by atoms with Crippen LogP contribution in [0.5, 0.6) is 0 Å². The van der Waals surface area contributed by atoms with E-state index < -0.39 is 0 Å². The van der Waals surface area contributed by atoms with Crippen molar-refractivity contribution in [1.82, 2.24) is 4.90 Å². The summed E-state index contributed by atoms with van der Waals surface area (Å²) < 4.78 is 0. The van der Waals surface area contributed by atoms with E-state index in [1.807, 2.05) is 0 Å². The Bertz CT molecular complexity index is 345. The first-order valence-electron chi connectivity index (χ1n) is 6.52. The van der Waals surface area contributed by atoms with E-state index in [2.05, 4.69) is 41.1 Å². The summed E-state index contributed by atoms with van der Waals surface area (Å²) in [4.78, 5) is 4.86. The van der Waals surface area contributed by atoms with Gasteiger partial charge in [0.2, 0.25) is 0 Å². The monoisotopic (exact) mass is 233 g/mol. The van der Waals surface area contributed by atoms with Gasteiger partial charge in [-0.3, -0.25) is 0 Å². The number of rotatable bonds is 5. The third kappa shape index (κ3) is 3.20. The van der Waals surface area contributed by atoms with Crippen LogP contribution in [0, 0.1) is 0 Å². The molecule has 0 radical (unpaired) electrons. The number of nitrogens with two attached hydrogens (primary N) is 1. The number of hydrogen-bond donors (Lipinski definition) is 1. The maximum Gasteiger partial charge on any atom is 0.0409 e. The van der Waals surface area contributed by atoms with Gasteiger partial charge in [0.05, 0.1) is 0 Å². The standard InChI is InChI=1S/C14H23N3/c1-16(10-11-17-8-4-5-9-17)14-7-3-2-6-13(14)12-15/h2-3,6-7H,4-5,8-12,15H2,1H3. The molecular weight excluding hydrogens is 210 g/mol. The Morgan fingerprint density at radius 3 is 2.65 bits per heavy atom. The summed E-state index contributed by atoms with van der Waals surface area (Å²) in [6, 6.07) is 8.41. The Kier molecular flexibility index (Phi) is 4.40. The van der Waals surface area contributed by atoms with Crippen molar-refractivity contribution in [2.75, 3.05) is 38.1 Å². The van der Waals surface area contributed by atoms with E-state index in [0.717, 1.165) is 13.1 Å². The zero-order valence-corrected chi connectivity index (χ0v) is 10.7. The van der Waals surface area contributed by atoms with Crippen LogP contribution in [0.25, 0.3) is 0 Å². The van der Waals surface area contributed by atoms with Crippen LogP contribution < -0.4 is 10.6 Å². The van der Waals surface area contributed by atoms with Crippen molar-refractivity contribution in [3.05, 3.63) is 29.8 Å². The molecule has 1 fully saturated rings. The molecule has 1 heterocycles. The molecule has 0 spiro atoms. The fourth-order valence-corrected chi connectivity index (χ4v) is 2.47. The fraction of sp³-hybridized carbons (Fsp3) is 0.571. The molecule has 94 valence electrons. The highest BCUT2D eigenvalue weighted by atomic mass is 15.2. The average Bonchev–Trinajstić information content (AvgIpc) is 2.89. The van der Waals surface area contributed by atoms with Gasteiger partial charge in [0.25, 0.3) is 0 Å². The lowest BCUT2D eigenvalue weighted by molar-refractivity contribution is 0.346. The Morgan fingerprint density at radius 1 is 1.24 bits per heavy atom. The fourth-order valence-electron chi connectivity index (χ4n) is 2.47. The predicted molar refractivity (Wildman–Crippen MR) is 73.3 cm³/mol. The molecule has 17 heavy (non-hydrogen) atoms. The van der Waals surface area contributed by atoms with E-state index in [4.69, 9.17) is 5.73 Å². The molecule has 0 atom stereocenters. The van der Waals surface area contributed by atoms with Crippen molar-refractivity contribution < 1.29 is 0 Å². The summed E-state index contributed by atoms with van der Waals surface area (Å²) in [5.74, 6) is 0. The molecule has 0 unspecified atom stereocenters. The first kappa shape index (κ1) is 12.4. The molecule has 2 rings (SSSR count). The normalized spacial score (nSPS) is 16.4. The minimum atomic E-state index is 0.615. The molecule has 0 amide bonds. The molecule has 2 N–H and O–H groups in total. The van der Waals surface area contributed by atoms with Gasteiger partial charge in [-0.25, -0.2) is 0 Å². The topological polar surface area (TPSA) is 32.5 Å². The number of likely N-dealkylation sites (tertiary alicyclic amines) is 1. The van der Waals surface area contributed by atoms with Gasteiger partial charge in [0.15, 0.2) is 0 Å². The molecule has 1 aliphatic rings. The highest BCUT2D eigenvalue weighted by molar-refractivity contribution is 5.52. The van der Waals surface area contributed by atoms with Crippen molar-refractivity contribution in [3.63, 3.8) is 0 Å². The number of nitrogens with zero attached hydrogens (tertiary/aromatic N) is 2. The summed E-state index contributed by atoms with van der Waals surface area (Å²) in [5, 5.41) is 0. The van der Waals surface area contributed by atoms with Gasteiger partial charge in [-0.1, -0.05) is 18.2 Å². The van der Waals surface area contributed by atoms with Crippen LogP contribution in [0.4, 0.5) is 5.69 Å². The molecule has 0 aliphatic carbocycles. The molecule has 1 aliphatic heterocycles. The first-order chi connectivity index (χ1) is 8.31. The molecular formula is C14H23N3. The molecule has 0 bridgehead atoms. The summed E-state index contributed by atoms with van der Waals surface area (Å²) in [6.07, 6.45) is 2.73. The molecule has 0 saturated carbocycles. The second kappa shape index (κ2) is 6.03. The molecule has 1 aromatic rings. The van der Waals surface area contributed by atoms with Crippen LogP contribution in [0.2, 0.25) is 0 Å². The maximum atomic E-state index is 5.77. The van der Waals surface area contributed by atoms with E-state index in [0.29, 0.717) is 6.54 Å². The van der Waals surface area contributed by atoms with Gasteiger partial charge < -0.3 is 15.5 Å². The summed E-state index contributed by atoms with van der Waals surface area (Å²) in [7, 11) is 2.16. The van der Waals surface area contributed by atoms with Crippen LogP contribution in [-0.4, -0.2) is 38.1 Å². The van der Waals surface area contributed by atoms with Gasteiger partial charge in [-0.2, -0.15) is 0 Å². The van der Waals surface area contributed by atoms with E-state index in [1.165, 1.54) is 37.2 Å². The van der Waals surface area contributed by atoms with Crippen LogP contribution in [-0.2, 0) is 6.54 Å². The molecule has 3 heteroatoms. The minimum Gasteiger partial charge on any atom is -0.373 e. The molecule has 3 nitrogen and oxygen atoms in total. The lowest BCUT2D eigenvalue weighted by Gasteiger charge is -2.25. The second-order valence-corrected chi connectivity index (χ2v) is 4.80. The smallest absolute Gasteiger partial charge is 0.0409 e. The lowest BCUT2D eigenvalue weighted by atomic mass is 10.1. The maximum absolute atomic E-state index is 5.77. The number of benzene rings is 1. The van der Waals surface area contributed by atoms with Crippen molar-refractivity contribution >= 4 is 5.69 Å². The number of anilines is 1. The van der Waals surface area contributed by atoms with Gasteiger partial charge in [0, 0.05) is 32.4 Å². The van der Waals surface area contributed by atoms with Crippen molar-refractivity contribution in [3.8, 4) is 0 Å². The Balaban J connectivity index is 1.91. The van der Waals surface area contributed by atoms with Gasteiger partial charge >= 0.3 is 0 Å². The van der Waals surface area contributed by atoms with E-state index in [1.54, 1.807) is 0 Å².